The summed E-state index contributed by atoms with van der Waals surface area (Å²) in [6.45, 7) is 4.25. The van der Waals surface area contributed by atoms with Crippen molar-refractivity contribution in [2.24, 2.45) is 0 Å². The summed E-state index contributed by atoms with van der Waals surface area (Å²) in [5.41, 5.74) is 0. The van der Waals surface area contributed by atoms with E-state index in [1.807, 2.05) is 6.08 Å². The number of aliphatic hydroxyl groups is 2. The molecular formula is C36H67NO3. The third-order valence-corrected chi connectivity index (χ3v) is 7.62. The Labute approximate surface area is 249 Å². The molecule has 4 heteroatoms. The molecule has 0 saturated carbocycles. The van der Waals surface area contributed by atoms with Crippen LogP contribution in [-0.2, 0) is 4.79 Å². The third-order valence-electron chi connectivity index (χ3n) is 7.62. The quantitative estimate of drug-likeness (QED) is 0.0603. The minimum Gasteiger partial charge on any atom is -0.394 e. The maximum Gasteiger partial charge on any atom is 0.220 e. The van der Waals surface area contributed by atoms with E-state index in [4.69, 9.17) is 0 Å². The van der Waals surface area contributed by atoms with Crippen LogP contribution in [0.3, 0.4) is 0 Å². The average Bonchev–Trinajstić information content (AvgIpc) is 2.96. The summed E-state index contributed by atoms with van der Waals surface area (Å²) in [7, 11) is 0. The Kier molecular flexibility index (Phi) is 31.0. The fraction of sp³-hybridized carbons (Fsp3) is 0.806. The minimum absolute atomic E-state index is 0.0810. The first-order valence-corrected chi connectivity index (χ1v) is 17.2. The van der Waals surface area contributed by atoms with Crippen molar-refractivity contribution in [2.75, 3.05) is 6.61 Å². The highest BCUT2D eigenvalue weighted by atomic mass is 16.3. The average molecular weight is 562 g/mol. The van der Waals surface area contributed by atoms with Crippen LogP contribution in [0.4, 0.5) is 0 Å². The van der Waals surface area contributed by atoms with Gasteiger partial charge in [0.05, 0.1) is 18.8 Å². The first-order valence-electron chi connectivity index (χ1n) is 17.2. The second-order valence-electron chi connectivity index (χ2n) is 11.6. The molecule has 0 aliphatic rings. The molecule has 234 valence electrons. The number of carbonyl (C=O) groups is 1. The molecule has 0 bridgehead atoms. The lowest BCUT2D eigenvalue weighted by Gasteiger charge is -2.20. The number of hydrogen-bond donors (Lipinski definition) is 3. The van der Waals surface area contributed by atoms with E-state index >= 15 is 0 Å². The molecule has 3 N–H and O–H groups in total. The normalized spacial score (nSPS) is 13.6. The summed E-state index contributed by atoms with van der Waals surface area (Å²) >= 11 is 0. The van der Waals surface area contributed by atoms with Crippen LogP contribution in [-0.4, -0.2) is 34.9 Å². The smallest absolute Gasteiger partial charge is 0.220 e. The van der Waals surface area contributed by atoms with E-state index < -0.39 is 12.1 Å². The van der Waals surface area contributed by atoms with Crippen LogP contribution in [0.15, 0.2) is 36.5 Å². The van der Waals surface area contributed by atoms with Gasteiger partial charge in [0, 0.05) is 6.42 Å². The van der Waals surface area contributed by atoms with Gasteiger partial charge in [-0.1, -0.05) is 147 Å². The van der Waals surface area contributed by atoms with Crippen molar-refractivity contribution in [3.63, 3.8) is 0 Å². The molecule has 0 fully saturated rings. The first kappa shape index (κ1) is 38.6. The zero-order chi connectivity index (χ0) is 29.4. The number of unbranched alkanes of at least 4 members (excludes halogenated alkanes) is 19. The van der Waals surface area contributed by atoms with Gasteiger partial charge in [-0.2, -0.15) is 0 Å². The number of rotatable bonds is 30. The lowest BCUT2D eigenvalue weighted by atomic mass is 10.0. The van der Waals surface area contributed by atoms with Gasteiger partial charge in [-0.15, -0.1) is 0 Å². The lowest BCUT2D eigenvalue weighted by molar-refractivity contribution is -0.123. The van der Waals surface area contributed by atoms with Crippen molar-refractivity contribution >= 4 is 5.91 Å². The standard InChI is InChI=1S/C36H67NO3/c1-3-5-7-9-11-13-15-17-18-20-22-24-26-28-30-32-36(40)37-34(33-38)35(39)31-29-27-25-23-21-19-16-14-12-10-8-6-4-2/h11,13,17-18,29,31,34-35,38-39H,3-10,12,14-16,19-28,30,32-33H2,1-2H3,(H,37,40)/b13-11-,18-17-,31-29?. The monoisotopic (exact) mass is 562 g/mol. The van der Waals surface area contributed by atoms with Crippen LogP contribution in [0.5, 0.6) is 0 Å². The summed E-state index contributed by atoms with van der Waals surface area (Å²) in [6, 6.07) is -0.626. The molecule has 2 unspecified atom stereocenters. The topological polar surface area (TPSA) is 69.6 Å². The van der Waals surface area contributed by atoms with E-state index in [1.54, 1.807) is 6.08 Å². The Morgan fingerprint density at radius 1 is 0.600 bits per heavy atom. The Hall–Kier alpha value is -1.39. The molecule has 0 radical (unpaired) electrons. The maximum absolute atomic E-state index is 12.3. The minimum atomic E-state index is -0.841. The molecule has 0 aromatic rings. The number of carbonyl (C=O) groups excluding carboxylic acids is 1. The van der Waals surface area contributed by atoms with Crippen molar-refractivity contribution in [1.82, 2.24) is 5.32 Å². The highest BCUT2D eigenvalue weighted by Crippen LogP contribution is 2.13. The van der Waals surface area contributed by atoms with Crippen molar-refractivity contribution in [3.8, 4) is 0 Å². The first-order chi connectivity index (χ1) is 19.7. The molecule has 40 heavy (non-hydrogen) atoms. The van der Waals surface area contributed by atoms with Crippen molar-refractivity contribution in [3.05, 3.63) is 36.5 Å². The van der Waals surface area contributed by atoms with Gasteiger partial charge in [-0.25, -0.2) is 0 Å². The van der Waals surface area contributed by atoms with Gasteiger partial charge in [0.1, 0.15) is 0 Å². The lowest BCUT2D eigenvalue weighted by Crippen LogP contribution is -2.45. The van der Waals surface area contributed by atoms with Crippen LogP contribution in [0, 0.1) is 0 Å². The fourth-order valence-electron chi connectivity index (χ4n) is 4.91. The molecular weight excluding hydrogens is 494 g/mol. The van der Waals surface area contributed by atoms with E-state index in [1.165, 1.54) is 103 Å². The molecule has 0 rings (SSSR count). The molecule has 0 aromatic heterocycles. The summed E-state index contributed by atoms with van der Waals surface area (Å²) in [4.78, 5) is 12.3. The number of nitrogens with one attached hydrogen (secondary N) is 1. The van der Waals surface area contributed by atoms with Gasteiger partial charge in [-0.3, -0.25) is 4.79 Å². The zero-order valence-corrected chi connectivity index (χ0v) is 26.6. The highest BCUT2D eigenvalue weighted by Gasteiger charge is 2.17. The molecule has 1 amide bonds. The van der Waals surface area contributed by atoms with E-state index in [0.717, 1.165) is 44.9 Å². The van der Waals surface area contributed by atoms with Crippen LogP contribution < -0.4 is 5.32 Å². The van der Waals surface area contributed by atoms with Crippen LogP contribution >= 0.6 is 0 Å². The Balaban J connectivity index is 3.69. The van der Waals surface area contributed by atoms with Crippen LogP contribution in [0.1, 0.15) is 168 Å². The SMILES string of the molecule is CCCCC/C=C\C/C=C\CCCCCCCC(=O)NC(CO)C(O)C=CCCCCCCCCCCCCC. The molecule has 0 heterocycles. The fourth-order valence-corrected chi connectivity index (χ4v) is 4.91. The maximum atomic E-state index is 12.3. The third kappa shape index (κ3) is 28.1. The number of hydrogen-bond acceptors (Lipinski definition) is 3. The molecule has 4 nitrogen and oxygen atoms in total. The van der Waals surface area contributed by atoms with Gasteiger partial charge < -0.3 is 15.5 Å². The van der Waals surface area contributed by atoms with E-state index in [2.05, 4.69) is 43.5 Å². The van der Waals surface area contributed by atoms with Gasteiger partial charge in [0.2, 0.25) is 5.91 Å². The van der Waals surface area contributed by atoms with E-state index in [9.17, 15) is 15.0 Å². The van der Waals surface area contributed by atoms with Gasteiger partial charge >= 0.3 is 0 Å². The second kappa shape index (κ2) is 32.1. The highest BCUT2D eigenvalue weighted by molar-refractivity contribution is 5.76. The number of amides is 1. The van der Waals surface area contributed by atoms with Gasteiger partial charge in [0.25, 0.3) is 0 Å². The Morgan fingerprint density at radius 2 is 1.02 bits per heavy atom. The molecule has 0 spiro atoms. The molecule has 0 aromatic carbocycles. The molecule has 0 aliphatic heterocycles. The summed E-state index contributed by atoms with van der Waals surface area (Å²) < 4.78 is 0. The van der Waals surface area contributed by atoms with Gasteiger partial charge in [0.15, 0.2) is 0 Å². The zero-order valence-electron chi connectivity index (χ0n) is 26.6. The van der Waals surface area contributed by atoms with E-state index in [0.29, 0.717) is 6.42 Å². The van der Waals surface area contributed by atoms with Crippen molar-refractivity contribution in [1.29, 1.82) is 0 Å². The molecule has 2 atom stereocenters. The summed E-state index contributed by atoms with van der Waals surface area (Å²) in [5, 5.41) is 22.8. The number of aliphatic hydroxyl groups excluding tert-OH is 2. The molecule has 0 aliphatic carbocycles. The largest absolute Gasteiger partial charge is 0.394 e. The predicted octanol–water partition coefficient (Wildman–Crippen LogP) is 9.90. The van der Waals surface area contributed by atoms with Crippen molar-refractivity contribution < 1.29 is 15.0 Å². The molecule has 0 saturated heterocycles. The van der Waals surface area contributed by atoms with Crippen molar-refractivity contribution in [2.45, 2.75) is 180 Å². The summed E-state index contributed by atoms with van der Waals surface area (Å²) in [5.74, 6) is -0.0810. The predicted molar refractivity (Wildman–Crippen MR) is 175 cm³/mol. The number of allylic oxidation sites excluding steroid dienone is 5. The summed E-state index contributed by atoms with van der Waals surface area (Å²) in [6.07, 6.45) is 40.7. The van der Waals surface area contributed by atoms with E-state index in [-0.39, 0.29) is 12.5 Å². The Morgan fingerprint density at radius 3 is 1.55 bits per heavy atom. The second-order valence-corrected chi connectivity index (χ2v) is 11.6. The van der Waals surface area contributed by atoms with Crippen LogP contribution in [0.2, 0.25) is 0 Å². The van der Waals surface area contributed by atoms with Gasteiger partial charge in [-0.05, 0) is 51.4 Å². The Bertz CT molecular complexity index is 613. The van der Waals surface area contributed by atoms with Crippen LogP contribution in [0.25, 0.3) is 0 Å².